The first-order valence-electron chi connectivity index (χ1n) is 9.79. The molecule has 0 bridgehead atoms. The molecule has 4 heteroatoms. The number of amides is 1. The molecule has 1 amide bonds. The average Bonchev–Trinajstić information content (AvgIpc) is 3.10. The Bertz CT molecular complexity index is 1270. The van der Waals surface area contributed by atoms with E-state index >= 15 is 0 Å². The predicted octanol–water partition coefficient (Wildman–Crippen LogP) is 5.50. The van der Waals surface area contributed by atoms with Crippen molar-refractivity contribution in [3.05, 3.63) is 120 Å². The zero-order chi connectivity index (χ0) is 20.3. The molecule has 1 N–H and O–H groups in total. The average molecular weight is 389 g/mol. The topological polar surface area (TPSA) is 44.7 Å². The van der Waals surface area contributed by atoms with E-state index in [1.807, 2.05) is 91.0 Å². The Balaban J connectivity index is 1.59. The normalized spacial score (nSPS) is 14.9. The molecule has 0 saturated carbocycles. The van der Waals surface area contributed by atoms with E-state index in [9.17, 15) is 4.79 Å². The van der Waals surface area contributed by atoms with E-state index in [1.165, 1.54) is 5.01 Å². The zero-order valence-electron chi connectivity index (χ0n) is 16.2. The molecule has 0 aliphatic carbocycles. The van der Waals surface area contributed by atoms with Crippen LogP contribution in [0, 0.1) is 0 Å². The van der Waals surface area contributed by atoms with Crippen LogP contribution in [0.1, 0.15) is 11.1 Å². The number of hydrazine groups is 1. The number of hydrogen-bond donors (Lipinski definition) is 1. The number of fused-ring (bicyclic) bond motifs is 1. The van der Waals surface area contributed by atoms with Gasteiger partial charge in [-0.05, 0) is 34.5 Å². The van der Waals surface area contributed by atoms with Crippen molar-refractivity contribution < 1.29 is 4.79 Å². The van der Waals surface area contributed by atoms with Crippen LogP contribution in [0.15, 0.2) is 114 Å². The fourth-order valence-electron chi connectivity index (χ4n) is 3.57. The molecule has 1 aliphatic heterocycles. The van der Waals surface area contributed by atoms with Crippen LogP contribution in [0.2, 0.25) is 0 Å². The minimum absolute atomic E-state index is 0.189. The van der Waals surface area contributed by atoms with Crippen molar-refractivity contribution in [2.75, 3.05) is 5.43 Å². The van der Waals surface area contributed by atoms with E-state index in [-0.39, 0.29) is 5.91 Å². The van der Waals surface area contributed by atoms with Crippen LogP contribution in [-0.2, 0) is 4.79 Å². The number of aliphatic imine (C=N–C) groups is 1. The lowest BCUT2D eigenvalue weighted by molar-refractivity contribution is -0.121. The molecule has 0 unspecified atom stereocenters. The summed E-state index contributed by atoms with van der Waals surface area (Å²) in [5.41, 5.74) is 6.26. The first-order valence-corrected chi connectivity index (χ1v) is 9.79. The highest BCUT2D eigenvalue weighted by Crippen LogP contribution is 2.26. The summed E-state index contributed by atoms with van der Waals surface area (Å²) in [5.74, 6) is 0.390. The van der Waals surface area contributed by atoms with Crippen molar-refractivity contribution in [2.45, 2.75) is 0 Å². The molecule has 4 aromatic rings. The van der Waals surface area contributed by atoms with Crippen LogP contribution in [0.3, 0.4) is 0 Å². The van der Waals surface area contributed by atoms with Gasteiger partial charge in [0.25, 0.3) is 5.91 Å². The largest absolute Gasteiger partial charge is 0.297 e. The number of carbonyl (C=O) groups is 1. The fourth-order valence-corrected chi connectivity index (χ4v) is 3.57. The van der Waals surface area contributed by atoms with Crippen LogP contribution in [0.25, 0.3) is 16.8 Å². The second kappa shape index (κ2) is 7.68. The molecule has 1 aliphatic rings. The number of nitrogens with zero attached hydrogens (tertiary/aromatic N) is 2. The van der Waals surface area contributed by atoms with Gasteiger partial charge in [0.15, 0.2) is 5.84 Å². The molecule has 0 radical (unpaired) electrons. The maximum absolute atomic E-state index is 13.3. The van der Waals surface area contributed by atoms with E-state index in [1.54, 1.807) is 0 Å². The van der Waals surface area contributed by atoms with E-state index in [0.29, 0.717) is 11.5 Å². The van der Waals surface area contributed by atoms with Gasteiger partial charge >= 0.3 is 0 Å². The number of rotatable bonds is 4. The number of benzene rings is 4. The Hall–Kier alpha value is -4.18. The lowest BCUT2D eigenvalue weighted by Crippen LogP contribution is -2.37. The van der Waals surface area contributed by atoms with Gasteiger partial charge in [0.2, 0.25) is 0 Å². The van der Waals surface area contributed by atoms with Crippen LogP contribution >= 0.6 is 0 Å². The third-order valence-electron chi connectivity index (χ3n) is 5.02. The lowest BCUT2D eigenvalue weighted by Gasteiger charge is -2.20. The second-order valence-corrected chi connectivity index (χ2v) is 7.02. The molecule has 0 spiro atoms. The second-order valence-electron chi connectivity index (χ2n) is 7.02. The summed E-state index contributed by atoms with van der Waals surface area (Å²) in [7, 11) is 0. The predicted molar refractivity (Wildman–Crippen MR) is 122 cm³/mol. The maximum atomic E-state index is 13.3. The molecule has 0 fully saturated rings. The van der Waals surface area contributed by atoms with Gasteiger partial charge in [0.05, 0.1) is 5.69 Å². The van der Waals surface area contributed by atoms with Crippen molar-refractivity contribution in [1.82, 2.24) is 5.01 Å². The summed E-state index contributed by atoms with van der Waals surface area (Å²) in [5, 5.41) is 3.73. The summed E-state index contributed by atoms with van der Waals surface area (Å²) in [6, 6.07) is 33.6. The Morgan fingerprint density at radius 2 is 1.40 bits per heavy atom. The third-order valence-corrected chi connectivity index (χ3v) is 5.02. The van der Waals surface area contributed by atoms with Gasteiger partial charge in [-0.15, -0.1) is 0 Å². The van der Waals surface area contributed by atoms with Crippen molar-refractivity contribution in [2.24, 2.45) is 4.99 Å². The molecule has 4 nitrogen and oxygen atoms in total. The van der Waals surface area contributed by atoms with E-state index < -0.39 is 0 Å². The number of nitrogens with one attached hydrogen (secondary N) is 1. The number of para-hydroxylation sites is 1. The van der Waals surface area contributed by atoms with Crippen LogP contribution in [0.4, 0.5) is 5.69 Å². The first kappa shape index (κ1) is 17.9. The minimum atomic E-state index is -0.189. The van der Waals surface area contributed by atoms with Crippen molar-refractivity contribution in [3.63, 3.8) is 0 Å². The zero-order valence-corrected chi connectivity index (χ0v) is 16.2. The molecule has 0 aromatic heterocycles. The van der Waals surface area contributed by atoms with Crippen molar-refractivity contribution in [1.29, 1.82) is 0 Å². The van der Waals surface area contributed by atoms with Gasteiger partial charge < -0.3 is 0 Å². The summed E-state index contributed by atoms with van der Waals surface area (Å²) in [4.78, 5) is 18.0. The Kier molecular flexibility index (Phi) is 4.58. The van der Waals surface area contributed by atoms with Crippen LogP contribution in [-0.4, -0.2) is 16.8 Å². The van der Waals surface area contributed by atoms with E-state index in [4.69, 9.17) is 4.99 Å². The third kappa shape index (κ3) is 3.35. The van der Waals surface area contributed by atoms with Gasteiger partial charge in [0, 0.05) is 5.56 Å². The molecule has 0 atom stereocenters. The first-order chi connectivity index (χ1) is 14.8. The molecule has 30 heavy (non-hydrogen) atoms. The van der Waals surface area contributed by atoms with Gasteiger partial charge in [-0.2, -0.15) is 5.01 Å². The highest BCUT2D eigenvalue weighted by atomic mass is 16.2. The minimum Gasteiger partial charge on any atom is -0.290 e. The van der Waals surface area contributed by atoms with Crippen molar-refractivity contribution in [3.8, 4) is 0 Å². The monoisotopic (exact) mass is 389 g/mol. The molecule has 144 valence electrons. The van der Waals surface area contributed by atoms with Gasteiger partial charge in [-0.25, -0.2) is 4.99 Å². The number of hydrogen-bond acceptors (Lipinski definition) is 3. The molecule has 1 heterocycles. The van der Waals surface area contributed by atoms with Gasteiger partial charge in [0.1, 0.15) is 5.70 Å². The van der Waals surface area contributed by atoms with Crippen LogP contribution < -0.4 is 5.43 Å². The number of carbonyl (C=O) groups excluding carboxylic acids is 1. The molecule has 0 saturated heterocycles. The quantitative estimate of drug-likeness (QED) is 0.469. The lowest BCUT2D eigenvalue weighted by atomic mass is 10.0. The number of anilines is 1. The van der Waals surface area contributed by atoms with Crippen LogP contribution in [0.5, 0.6) is 0 Å². The fraction of sp³-hybridized carbons (Fsp3) is 0. The van der Waals surface area contributed by atoms with Gasteiger partial charge in [-0.3, -0.25) is 10.2 Å². The number of amidine groups is 1. The smallest absolute Gasteiger partial charge is 0.290 e. The van der Waals surface area contributed by atoms with E-state index in [0.717, 1.165) is 27.6 Å². The summed E-state index contributed by atoms with van der Waals surface area (Å²) >= 11 is 0. The standard InChI is InChI=1S/C26H19N3O/c30-26-24(18-21-14-9-13-19-10-7-8-17-23(19)21)27-25(20-11-3-1-4-12-20)29(26)28-22-15-5-2-6-16-22/h1-18,28H. The van der Waals surface area contributed by atoms with E-state index in [2.05, 4.69) is 23.6 Å². The molecular weight excluding hydrogens is 370 g/mol. The maximum Gasteiger partial charge on any atom is 0.297 e. The molecular formula is C26H19N3O. The van der Waals surface area contributed by atoms with Gasteiger partial charge in [-0.1, -0.05) is 91.0 Å². The Labute approximate surface area is 174 Å². The Morgan fingerprint density at radius 1 is 0.733 bits per heavy atom. The summed E-state index contributed by atoms with van der Waals surface area (Å²) < 4.78 is 0. The molecule has 4 aromatic carbocycles. The summed E-state index contributed by atoms with van der Waals surface area (Å²) in [6.45, 7) is 0. The molecule has 5 rings (SSSR count). The highest BCUT2D eigenvalue weighted by molar-refractivity contribution is 6.20. The SMILES string of the molecule is O=C1C(=Cc2cccc3ccccc23)N=C(c2ccccc2)N1Nc1ccccc1. The van der Waals surface area contributed by atoms with Crippen molar-refractivity contribution >= 4 is 34.3 Å². The highest BCUT2D eigenvalue weighted by Gasteiger charge is 2.31. The Morgan fingerprint density at radius 3 is 2.20 bits per heavy atom. The summed E-state index contributed by atoms with van der Waals surface area (Å²) in [6.07, 6.45) is 1.86.